The molecule has 1 unspecified atom stereocenters. The predicted molar refractivity (Wildman–Crippen MR) is 285 cm³/mol. The number of aliphatic imine (C=N–C) groups is 1. The monoisotopic (exact) mass is 1080 g/mol. The Balaban J connectivity index is 0.00000317. The summed E-state index contributed by atoms with van der Waals surface area (Å²) in [4.78, 5) is 148. The first-order valence-corrected chi connectivity index (χ1v) is 25.6. The highest BCUT2D eigenvalue weighted by atomic mass is 16.4. The number of aliphatic carboxylic acids is 2. The number of nitrogens with one attached hydrogen (secondary N) is 10. The van der Waals surface area contributed by atoms with Gasteiger partial charge in [-0.2, -0.15) is 0 Å². The third-order valence-electron chi connectivity index (χ3n) is 12.3. The van der Waals surface area contributed by atoms with Gasteiger partial charge in [0, 0.05) is 75.2 Å². The summed E-state index contributed by atoms with van der Waals surface area (Å²) in [6.07, 6.45) is 5.28. The van der Waals surface area contributed by atoms with Crippen molar-refractivity contribution in [3.63, 3.8) is 0 Å². The molecular weight excluding hydrogens is 1010 g/mol. The van der Waals surface area contributed by atoms with Crippen LogP contribution in [0.3, 0.4) is 0 Å². The number of amides is 8. The van der Waals surface area contributed by atoms with Crippen molar-refractivity contribution in [2.45, 2.75) is 140 Å². The van der Waals surface area contributed by atoms with Gasteiger partial charge in [-0.1, -0.05) is 68.3 Å². The molecule has 1 saturated heterocycles. The number of unbranched alkanes of at least 4 members (excludes halogenated alkanes) is 1. The van der Waals surface area contributed by atoms with Crippen molar-refractivity contribution in [2.75, 3.05) is 13.1 Å². The average molecular weight is 1090 g/mol. The van der Waals surface area contributed by atoms with Gasteiger partial charge >= 0.3 is 5.97 Å². The molecule has 4 aromatic rings. The Labute approximate surface area is 450 Å². The molecule has 26 heteroatoms. The number of hydrogen-bond donors (Lipinski definition) is 14. The summed E-state index contributed by atoms with van der Waals surface area (Å²) >= 11 is 0. The number of carboxylic acids is 2. The highest BCUT2D eigenvalue weighted by molar-refractivity contribution is 5.99. The van der Waals surface area contributed by atoms with Gasteiger partial charge in [0.25, 0.3) is 5.97 Å². The molecule has 26 nitrogen and oxygen atoms in total. The van der Waals surface area contributed by atoms with Gasteiger partial charge < -0.3 is 74.2 Å². The van der Waals surface area contributed by atoms with Crippen LogP contribution in [0.4, 0.5) is 0 Å². The third-order valence-corrected chi connectivity index (χ3v) is 12.3. The molecule has 8 amide bonds. The van der Waals surface area contributed by atoms with E-state index in [0.29, 0.717) is 29.7 Å². The fourth-order valence-electron chi connectivity index (χ4n) is 8.37. The van der Waals surface area contributed by atoms with Gasteiger partial charge in [-0.05, 0) is 55.7 Å². The molecule has 0 saturated carbocycles. The molecule has 422 valence electrons. The molecule has 0 spiro atoms. The van der Waals surface area contributed by atoms with Gasteiger partial charge in [0.2, 0.25) is 47.3 Å². The molecular formula is C52H72N14O12. The molecule has 78 heavy (non-hydrogen) atoms. The van der Waals surface area contributed by atoms with Gasteiger partial charge in [0.05, 0.1) is 12.7 Å². The maximum Gasteiger partial charge on any atom is 0.326 e. The lowest BCUT2D eigenvalue weighted by atomic mass is 10.0. The van der Waals surface area contributed by atoms with Crippen LogP contribution in [0.15, 0.2) is 78.3 Å². The third kappa shape index (κ3) is 21.4. The van der Waals surface area contributed by atoms with Crippen molar-refractivity contribution in [2.24, 2.45) is 16.5 Å². The first-order valence-electron chi connectivity index (χ1n) is 25.6. The largest absolute Gasteiger partial charge is 0.481 e. The fraction of sp³-hybridized carbons (Fsp3) is 0.462. The number of para-hydroxylation sites is 1. The maximum absolute atomic E-state index is 14.7. The molecule has 16 N–H and O–H groups in total. The number of aromatic amines is 2. The number of rotatable bonds is 17. The maximum atomic E-state index is 14.7. The van der Waals surface area contributed by atoms with Crippen LogP contribution in [0.2, 0.25) is 0 Å². The summed E-state index contributed by atoms with van der Waals surface area (Å²) < 4.78 is 0. The highest BCUT2D eigenvalue weighted by Gasteiger charge is 2.35. The van der Waals surface area contributed by atoms with E-state index in [9.17, 15) is 48.3 Å². The zero-order valence-corrected chi connectivity index (χ0v) is 43.9. The van der Waals surface area contributed by atoms with Gasteiger partial charge in [-0.3, -0.25) is 48.1 Å². The van der Waals surface area contributed by atoms with Crippen LogP contribution >= 0.6 is 0 Å². The quantitative estimate of drug-likeness (QED) is 0.0358. The van der Waals surface area contributed by atoms with E-state index in [4.69, 9.17) is 21.4 Å². The molecule has 3 heterocycles. The molecule has 1 fully saturated rings. The zero-order valence-electron chi connectivity index (χ0n) is 43.9. The summed E-state index contributed by atoms with van der Waals surface area (Å²) in [7, 11) is 0. The van der Waals surface area contributed by atoms with Crippen molar-refractivity contribution in [1.82, 2.24) is 57.5 Å². The van der Waals surface area contributed by atoms with Gasteiger partial charge in [-0.15, -0.1) is 0 Å². The Morgan fingerprint density at radius 1 is 0.756 bits per heavy atom. The number of H-pyrrole nitrogens is 2. The van der Waals surface area contributed by atoms with Crippen LogP contribution in [0, 0.1) is 0 Å². The lowest BCUT2D eigenvalue weighted by Crippen LogP contribution is -2.61. The van der Waals surface area contributed by atoms with E-state index in [1.54, 1.807) is 42.6 Å². The topological polar surface area (TPSA) is 416 Å². The van der Waals surface area contributed by atoms with Crippen molar-refractivity contribution in [1.29, 1.82) is 0 Å². The molecule has 0 bridgehead atoms. The smallest absolute Gasteiger partial charge is 0.326 e. The lowest BCUT2D eigenvalue weighted by molar-refractivity contribution is -0.142. The Kier molecular flexibility index (Phi) is 25.2. The normalized spacial score (nSPS) is 20.6. The Bertz CT molecular complexity index is 2690. The second kappa shape index (κ2) is 31.9. The first-order chi connectivity index (χ1) is 37.2. The Morgan fingerprint density at radius 3 is 2.01 bits per heavy atom. The standard InChI is InChI=1S/C50H68N14O10.C2H4O2/c1-3-4-16-35(58-29(2)65)43(67)64-41-25-42(66)54-20-11-10-18-37(49(73)74)60-46(70)39(23-31-26-56-34-17-9-8-15-33(31)34)62-44(68)36(19-12-21-55-50(51)52)59-45(69)38(22-30-13-6-5-7-14-30)61-47(71)40(63-48(41)72)24-32-27-53-28-57-32;1-2(3)4/h5-9,13-15,17,26-28,35-41,56H,3-4,10-12,16,18-25H2,1-2H3,(H,53,57)(H,54,66)(H,58,65)(H,59,69)(H,60,70)(H,61,71)(H,62,68)(H,63,72)(H,64,67)(H,73,74)(H4,51,52,55);1H3,(H,3,4)/t35-,36-,37-,38+,39-,40?,41-;/m0./s1. The van der Waals surface area contributed by atoms with Crippen molar-refractivity contribution < 1.29 is 58.2 Å². The number of carboxylic acid groups (broad SMARTS) is 2. The van der Waals surface area contributed by atoms with E-state index < -0.39 is 108 Å². The predicted octanol–water partition coefficient (Wildman–Crippen LogP) is -0.558. The van der Waals surface area contributed by atoms with Crippen LogP contribution in [0.1, 0.15) is 95.4 Å². The number of benzene rings is 2. The number of imidazole rings is 1. The number of aromatic nitrogens is 3. The minimum Gasteiger partial charge on any atom is -0.481 e. The number of fused-ring (bicyclic) bond motifs is 1. The first kappa shape index (κ1) is 61.7. The fourth-order valence-corrected chi connectivity index (χ4v) is 8.37. The number of nitrogens with zero attached hydrogens (tertiary/aromatic N) is 2. The number of carbonyl (C=O) groups is 10. The summed E-state index contributed by atoms with van der Waals surface area (Å²) in [6.45, 7) is 4.27. The summed E-state index contributed by atoms with van der Waals surface area (Å²) in [5, 5.41) is 39.8. The Hall–Kier alpha value is -8.84. The molecule has 5 rings (SSSR count). The zero-order chi connectivity index (χ0) is 57.1. The van der Waals surface area contributed by atoms with E-state index >= 15 is 0 Å². The molecule has 0 aliphatic carbocycles. The molecule has 1 aliphatic heterocycles. The number of hydrogen-bond acceptors (Lipinski definition) is 12. The number of nitrogens with two attached hydrogens (primary N) is 2. The molecule has 2 aromatic carbocycles. The van der Waals surface area contributed by atoms with E-state index in [-0.39, 0.29) is 76.8 Å². The molecule has 2 aromatic heterocycles. The van der Waals surface area contributed by atoms with E-state index in [1.165, 1.54) is 19.4 Å². The van der Waals surface area contributed by atoms with Gasteiger partial charge in [0.1, 0.15) is 42.3 Å². The summed E-state index contributed by atoms with van der Waals surface area (Å²) in [6, 6.07) is 6.21. The second-order valence-electron chi connectivity index (χ2n) is 18.7. The van der Waals surface area contributed by atoms with E-state index in [0.717, 1.165) is 17.8 Å². The average Bonchev–Trinajstić information content (AvgIpc) is 4.07. The van der Waals surface area contributed by atoms with Crippen LogP contribution in [-0.4, -0.2) is 146 Å². The SMILES string of the molecule is CC(=O)O.CCCC[C@H](NC(C)=O)C(=O)N[C@H]1CC(=O)NCCCC[C@@H](C(=O)O)NC(=O)[C@H](Cc2c[nH]c3ccccc23)NC(=O)[C@H](CCCN=C(N)N)NC(=O)[C@@H](Cc2ccccc2)NC(=O)C(Cc2cnc[nH]2)NC1=O. The number of guanidine groups is 1. The van der Waals surface area contributed by atoms with E-state index in [2.05, 4.69) is 62.5 Å². The minimum absolute atomic E-state index is 0.00489. The van der Waals surface area contributed by atoms with Gasteiger partial charge in [0.15, 0.2) is 5.96 Å². The van der Waals surface area contributed by atoms with Crippen molar-refractivity contribution >= 4 is 76.1 Å². The van der Waals surface area contributed by atoms with Gasteiger partial charge in [-0.25, -0.2) is 9.78 Å². The highest BCUT2D eigenvalue weighted by Crippen LogP contribution is 2.20. The summed E-state index contributed by atoms with van der Waals surface area (Å²) in [5.41, 5.74) is 13.5. The van der Waals surface area contributed by atoms with Crippen molar-refractivity contribution in [3.05, 3.63) is 90.1 Å². The Morgan fingerprint density at radius 2 is 1.37 bits per heavy atom. The van der Waals surface area contributed by atoms with Crippen LogP contribution in [0.5, 0.6) is 0 Å². The van der Waals surface area contributed by atoms with Crippen LogP contribution in [0.25, 0.3) is 10.9 Å². The van der Waals surface area contributed by atoms with Crippen LogP contribution in [-0.2, 0) is 67.2 Å². The molecule has 7 atom stereocenters. The van der Waals surface area contributed by atoms with Crippen molar-refractivity contribution in [3.8, 4) is 0 Å². The second-order valence-corrected chi connectivity index (χ2v) is 18.7. The van der Waals surface area contributed by atoms with Crippen LogP contribution < -0.4 is 54.0 Å². The number of carbonyl (C=O) groups excluding carboxylic acids is 8. The molecule has 1 aliphatic rings. The minimum atomic E-state index is -1.59. The summed E-state index contributed by atoms with van der Waals surface area (Å²) in [5.74, 6) is -8.64. The lowest BCUT2D eigenvalue weighted by Gasteiger charge is -2.28. The van der Waals surface area contributed by atoms with E-state index in [1.807, 2.05) is 25.1 Å². The molecule has 0 radical (unpaired) electrons.